The summed E-state index contributed by atoms with van der Waals surface area (Å²) in [4.78, 5) is 11.0. The van der Waals surface area contributed by atoms with Crippen molar-refractivity contribution in [3.63, 3.8) is 0 Å². The molecule has 0 aromatic heterocycles. The van der Waals surface area contributed by atoms with Gasteiger partial charge in [0.1, 0.15) is 0 Å². The zero-order valence-corrected chi connectivity index (χ0v) is 12.5. The summed E-state index contributed by atoms with van der Waals surface area (Å²) in [6.07, 6.45) is 9.41. The third kappa shape index (κ3) is 4.07. The maximum absolute atomic E-state index is 11.0. The van der Waals surface area contributed by atoms with Crippen molar-refractivity contribution in [2.45, 2.75) is 57.8 Å². The van der Waals surface area contributed by atoms with Crippen molar-refractivity contribution >= 4 is 16.8 Å². The largest absolute Gasteiger partial charge is 0.276 e. The van der Waals surface area contributed by atoms with Crippen LogP contribution in [0.15, 0.2) is 24.3 Å². The Labute approximate surface area is 121 Å². The van der Waals surface area contributed by atoms with Gasteiger partial charge in [0.05, 0.1) is 0 Å². The van der Waals surface area contributed by atoms with Crippen molar-refractivity contribution in [3.8, 4) is 0 Å². The van der Waals surface area contributed by atoms with Crippen LogP contribution in [0.1, 0.15) is 73.7 Å². The molecular formula is C17H23ClO. The van der Waals surface area contributed by atoms with Gasteiger partial charge in [0.25, 0.3) is 5.24 Å². The molecule has 1 aromatic rings. The molecular weight excluding hydrogens is 256 g/mol. The summed E-state index contributed by atoms with van der Waals surface area (Å²) in [6, 6.07) is 7.86. The molecule has 2 heteroatoms. The van der Waals surface area contributed by atoms with E-state index in [1.807, 2.05) is 12.1 Å². The lowest BCUT2D eigenvalue weighted by Gasteiger charge is -2.28. The molecule has 0 saturated heterocycles. The van der Waals surface area contributed by atoms with E-state index in [-0.39, 0.29) is 5.24 Å². The van der Waals surface area contributed by atoms with Gasteiger partial charge in [0.2, 0.25) is 0 Å². The summed E-state index contributed by atoms with van der Waals surface area (Å²) in [5.41, 5.74) is 1.97. The van der Waals surface area contributed by atoms with Crippen LogP contribution < -0.4 is 0 Å². The van der Waals surface area contributed by atoms with E-state index in [9.17, 15) is 4.79 Å². The Bertz CT molecular complexity index is 402. The van der Waals surface area contributed by atoms with Crippen molar-refractivity contribution in [3.05, 3.63) is 35.4 Å². The van der Waals surface area contributed by atoms with Crippen molar-refractivity contribution in [1.29, 1.82) is 0 Å². The van der Waals surface area contributed by atoms with Gasteiger partial charge in [-0.25, -0.2) is 0 Å². The van der Waals surface area contributed by atoms with Crippen LogP contribution in [-0.4, -0.2) is 5.24 Å². The predicted octanol–water partition coefficient (Wildman–Crippen LogP) is 5.53. The van der Waals surface area contributed by atoms with Crippen molar-refractivity contribution in [2.75, 3.05) is 0 Å². The molecule has 0 aliphatic heterocycles. The molecule has 0 atom stereocenters. The molecule has 1 fully saturated rings. The number of halogens is 1. The van der Waals surface area contributed by atoms with Crippen molar-refractivity contribution in [1.82, 2.24) is 0 Å². The number of hydrogen-bond donors (Lipinski definition) is 0. The van der Waals surface area contributed by atoms with Crippen LogP contribution in [0, 0.1) is 5.92 Å². The molecule has 0 radical (unpaired) electrons. The normalized spacial score (nSPS) is 23.3. The molecule has 1 aliphatic carbocycles. The third-order valence-electron chi connectivity index (χ3n) is 4.42. The van der Waals surface area contributed by atoms with Gasteiger partial charge in [0.15, 0.2) is 0 Å². The monoisotopic (exact) mass is 278 g/mol. The van der Waals surface area contributed by atoms with Crippen LogP contribution in [-0.2, 0) is 0 Å². The molecule has 0 amide bonds. The van der Waals surface area contributed by atoms with Crippen LogP contribution in [0.4, 0.5) is 0 Å². The fourth-order valence-corrected chi connectivity index (χ4v) is 3.29. The molecule has 0 spiro atoms. The first-order valence-corrected chi connectivity index (χ1v) is 7.88. The van der Waals surface area contributed by atoms with E-state index in [2.05, 4.69) is 19.1 Å². The predicted molar refractivity (Wildman–Crippen MR) is 80.8 cm³/mol. The number of carbonyl (C=O) groups is 1. The van der Waals surface area contributed by atoms with Gasteiger partial charge in [-0.05, 0) is 66.8 Å². The lowest BCUT2D eigenvalue weighted by atomic mass is 9.77. The van der Waals surface area contributed by atoms with Gasteiger partial charge >= 0.3 is 0 Å². The average molecular weight is 279 g/mol. The number of rotatable bonds is 5. The Kier molecular flexibility index (Phi) is 5.45. The second-order valence-corrected chi connectivity index (χ2v) is 6.10. The highest BCUT2D eigenvalue weighted by molar-refractivity contribution is 6.67. The second-order valence-electron chi connectivity index (χ2n) is 5.76. The van der Waals surface area contributed by atoms with Crippen LogP contribution in [0.3, 0.4) is 0 Å². The third-order valence-corrected chi connectivity index (χ3v) is 4.64. The fraction of sp³-hybridized carbons (Fsp3) is 0.588. The Balaban J connectivity index is 1.88. The zero-order valence-electron chi connectivity index (χ0n) is 11.7. The van der Waals surface area contributed by atoms with Gasteiger partial charge in [0, 0.05) is 5.56 Å². The zero-order chi connectivity index (χ0) is 13.7. The molecule has 1 aromatic carbocycles. The Hall–Kier alpha value is -0.820. The maximum atomic E-state index is 11.0. The van der Waals surface area contributed by atoms with Gasteiger partial charge < -0.3 is 0 Å². The molecule has 0 heterocycles. The SMILES string of the molecule is CCCC[C@H]1CC[C@H](c2ccc(C(=O)Cl)cc2)CC1. The number of benzene rings is 1. The molecule has 0 N–H and O–H groups in total. The van der Waals surface area contributed by atoms with Crippen LogP contribution in [0.25, 0.3) is 0 Å². The minimum absolute atomic E-state index is 0.366. The highest BCUT2D eigenvalue weighted by Gasteiger charge is 2.21. The summed E-state index contributed by atoms with van der Waals surface area (Å²) >= 11 is 5.47. The lowest BCUT2D eigenvalue weighted by Crippen LogP contribution is -2.13. The minimum Gasteiger partial charge on any atom is -0.276 e. The average Bonchev–Trinajstić information content (AvgIpc) is 2.46. The Morgan fingerprint density at radius 2 is 1.79 bits per heavy atom. The highest BCUT2D eigenvalue weighted by Crippen LogP contribution is 2.37. The summed E-state index contributed by atoms with van der Waals surface area (Å²) in [5, 5.41) is -0.366. The Morgan fingerprint density at radius 3 is 2.32 bits per heavy atom. The quantitative estimate of drug-likeness (QED) is 0.647. The number of unbranched alkanes of at least 4 members (excludes halogenated alkanes) is 1. The Morgan fingerprint density at radius 1 is 1.16 bits per heavy atom. The van der Waals surface area contributed by atoms with Crippen LogP contribution >= 0.6 is 11.6 Å². The van der Waals surface area contributed by atoms with Crippen LogP contribution in [0.2, 0.25) is 0 Å². The number of hydrogen-bond acceptors (Lipinski definition) is 1. The van der Waals surface area contributed by atoms with E-state index >= 15 is 0 Å². The van der Waals surface area contributed by atoms with E-state index in [1.165, 1.54) is 50.5 Å². The maximum Gasteiger partial charge on any atom is 0.252 e. The van der Waals surface area contributed by atoms with Gasteiger partial charge in [-0.2, -0.15) is 0 Å². The molecule has 104 valence electrons. The topological polar surface area (TPSA) is 17.1 Å². The van der Waals surface area contributed by atoms with Gasteiger partial charge in [-0.1, -0.05) is 38.3 Å². The van der Waals surface area contributed by atoms with Crippen LogP contribution in [0.5, 0.6) is 0 Å². The first-order chi connectivity index (χ1) is 9.20. The first kappa shape index (κ1) is 14.6. The molecule has 1 nitrogen and oxygen atoms in total. The van der Waals surface area contributed by atoms with E-state index in [4.69, 9.17) is 11.6 Å². The highest BCUT2D eigenvalue weighted by atomic mass is 35.5. The van der Waals surface area contributed by atoms with E-state index in [0.29, 0.717) is 11.5 Å². The van der Waals surface area contributed by atoms with Gasteiger partial charge in [-0.15, -0.1) is 0 Å². The van der Waals surface area contributed by atoms with E-state index in [1.54, 1.807) is 0 Å². The first-order valence-electron chi connectivity index (χ1n) is 7.50. The summed E-state index contributed by atoms with van der Waals surface area (Å²) < 4.78 is 0. The molecule has 2 rings (SSSR count). The molecule has 1 saturated carbocycles. The van der Waals surface area contributed by atoms with Crippen molar-refractivity contribution < 1.29 is 4.79 Å². The minimum atomic E-state index is -0.366. The molecule has 1 aliphatic rings. The molecule has 0 bridgehead atoms. The van der Waals surface area contributed by atoms with Gasteiger partial charge in [-0.3, -0.25) is 4.79 Å². The summed E-state index contributed by atoms with van der Waals surface area (Å²) in [6.45, 7) is 2.27. The van der Waals surface area contributed by atoms with Crippen molar-refractivity contribution in [2.24, 2.45) is 5.92 Å². The van der Waals surface area contributed by atoms with E-state index in [0.717, 1.165) is 5.92 Å². The summed E-state index contributed by atoms with van der Waals surface area (Å²) in [7, 11) is 0. The standard InChI is InChI=1S/C17H23ClO/c1-2-3-4-13-5-7-14(8-6-13)15-9-11-16(12-10-15)17(18)19/h9-14H,2-8H2,1H3/t13-,14-. The molecule has 19 heavy (non-hydrogen) atoms. The summed E-state index contributed by atoms with van der Waals surface area (Å²) in [5.74, 6) is 1.62. The molecule has 0 unspecified atom stereocenters. The van der Waals surface area contributed by atoms with E-state index < -0.39 is 0 Å². The number of carbonyl (C=O) groups excluding carboxylic acids is 1. The lowest BCUT2D eigenvalue weighted by molar-refractivity contribution is 0.108. The smallest absolute Gasteiger partial charge is 0.252 e. The fourth-order valence-electron chi connectivity index (χ4n) is 3.16. The second kappa shape index (κ2) is 7.09.